The molecule has 0 aliphatic rings. The highest BCUT2D eigenvalue weighted by Gasteiger charge is 2.20. The minimum absolute atomic E-state index is 0.0842. The Kier molecular flexibility index (Phi) is 4.64. The van der Waals surface area contributed by atoms with E-state index < -0.39 is 17.0 Å². The maximum absolute atomic E-state index is 13.9. The van der Waals surface area contributed by atoms with Crippen LogP contribution in [0, 0.1) is 18.6 Å². The molecular weight excluding hydrogens is 401 g/mol. The van der Waals surface area contributed by atoms with Crippen molar-refractivity contribution in [2.75, 3.05) is 0 Å². The van der Waals surface area contributed by atoms with Gasteiger partial charge in [-0.05, 0) is 46.6 Å². The van der Waals surface area contributed by atoms with Gasteiger partial charge in [0.25, 0.3) is 0 Å². The summed E-state index contributed by atoms with van der Waals surface area (Å²) in [6.07, 6.45) is 0. The van der Waals surface area contributed by atoms with Crippen molar-refractivity contribution in [1.82, 2.24) is 0 Å². The molecule has 19 heavy (non-hydrogen) atoms. The van der Waals surface area contributed by atoms with Crippen LogP contribution in [0.5, 0.6) is 0 Å². The third-order valence-electron chi connectivity index (χ3n) is 2.74. The summed E-state index contributed by atoms with van der Waals surface area (Å²) in [5.41, 5.74) is 1.83. The van der Waals surface area contributed by atoms with E-state index in [1.165, 1.54) is 0 Å². The second kappa shape index (κ2) is 5.90. The van der Waals surface area contributed by atoms with Gasteiger partial charge in [-0.1, -0.05) is 33.6 Å². The Hall–Kier alpha value is -0.450. The van der Waals surface area contributed by atoms with Crippen LogP contribution in [-0.2, 0) is 0 Å². The molecule has 0 heterocycles. The summed E-state index contributed by atoms with van der Waals surface area (Å²) < 4.78 is 28.3. The van der Waals surface area contributed by atoms with E-state index >= 15 is 0 Å². The zero-order chi connectivity index (χ0) is 14.2. The summed E-state index contributed by atoms with van der Waals surface area (Å²) >= 11 is 12.6. The zero-order valence-electron chi connectivity index (χ0n) is 9.85. The van der Waals surface area contributed by atoms with Crippen molar-refractivity contribution in [1.29, 1.82) is 0 Å². The van der Waals surface area contributed by atoms with E-state index in [9.17, 15) is 8.78 Å². The van der Waals surface area contributed by atoms with Crippen LogP contribution < -0.4 is 0 Å². The molecule has 0 fully saturated rings. The minimum Gasteiger partial charge on any atom is -0.207 e. The second-order valence-corrected chi connectivity index (χ2v) is 6.32. The van der Waals surface area contributed by atoms with Gasteiger partial charge in [-0.3, -0.25) is 0 Å². The Morgan fingerprint density at radius 1 is 0.947 bits per heavy atom. The molecule has 0 saturated heterocycles. The van der Waals surface area contributed by atoms with E-state index in [1.54, 1.807) is 0 Å². The standard InChI is InChI=1S/C14H9Br2ClF2/c1-7-2-3-10(15)8(4-7)14(17)9-5-13(19)11(16)6-12(9)18/h2-6,14H,1H3. The van der Waals surface area contributed by atoms with Crippen LogP contribution in [0.15, 0.2) is 39.3 Å². The van der Waals surface area contributed by atoms with Gasteiger partial charge in [0.1, 0.15) is 11.6 Å². The van der Waals surface area contributed by atoms with Crippen molar-refractivity contribution < 1.29 is 8.78 Å². The van der Waals surface area contributed by atoms with Crippen molar-refractivity contribution in [2.45, 2.75) is 12.3 Å². The average Bonchev–Trinajstić information content (AvgIpc) is 2.36. The van der Waals surface area contributed by atoms with Crippen LogP contribution in [0.1, 0.15) is 22.1 Å². The van der Waals surface area contributed by atoms with Gasteiger partial charge in [-0.25, -0.2) is 8.78 Å². The van der Waals surface area contributed by atoms with Crippen molar-refractivity contribution in [3.8, 4) is 0 Å². The van der Waals surface area contributed by atoms with E-state index in [0.717, 1.165) is 22.2 Å². The number of benzene rings is 2. The third-order valence-corrected chi connectivity index (χ3v) is 4.54. The fourth-order valence-electron chi connectivity index (χ4n) is 1.76. The van der Waals surface area contributed by atoms with E-state index in [-0.39, 0.29) is 10.0 Å². The Balaban J connectivity index is 2.52. The monoisotopic (exact) mass is 408 g/mol. The Morgan fingerprint density at radius 3 is 2.32 bits per heavy atom. The predicted octanol–water partition coefficient (Wildman–Crippen LogP) is 6.13. The van der Waals surface area contributed by atoms with Crippen LogP contribution in [0.4, 0.5) is 8.78 Å². The lowest BCUT2D eigenvalue weighted by Crippen LogP contribution is -2.00. The molecule has 0 saturated carbocycles. The van der Waals surface area contributed by atoms with Gasteiger partial charge in [0, 0.05) is 10.0 Å². The van der Waals surface area contributed by atoms with Gasteiger partial charge in [-0.15, -0.1) is 11.6 Å². The summed E-state index contributed by atoms with van der Waals surface area (Å²) in [6.45, 7) is 1.91. The van der Waals surface area contributed by atoms with Crippen LogP contribution in [0.25, 0.3) is 0 Å². The van der Waals surface area contributed by atoms with Gasteiger partial charge in [0.2, 0.25) is 0 Å². The lowest BCUT2D eigenvalue weighted by atomic mass is 10.0. The molecule has 2 aromatic carbocycles. The molecule has 1 atom stereocenters. The molecule has 2 rings (SSSR count). The number of rotatable bonds is 2. The Morgan fingerprint density at radius 2 is 1.63 bits per heavy atom. The molecule has 0 N–H and O–H groups in total. The van der Waals surface area contributed by atoms with E-state index in [1.807, 2.05) is 25.1 Å². The molecular formula is C14H9Br2ClF2. The molecule has 0 bridgehead atoms. The van der Waals surface area contributed by atoms with Crippen molar-refractivity contribution in [2.24, 2.45) is 0 Å². The largest absolute Gasteiger partial charge is 0.207 e. The van der Waals surface area contributed by atoms with Crippen LogP contribution in [-0.4, -0.2) is 0 Å². The zero-order valence-corrected chi connectivity index (χ0v) is 13.8. The van der Waals surface area contributed by atoms with Crippen LogP contribution in [0.2, 0.25) is 0 Å². The molecule has 1 unspecified atom stereocenters. The maximum atomic E-state index is 13.9. The first-order valence-corrected chi connectivity index (χ1v) is 7.47. The van der Waals surface area contributed by atoms with Gasteiger partial charge in [-0.2, -0.15) is 0 Å². The number of aryl methyl sites for hydroxylation is 1. The highest BCUT2D eigenvalue weighted by Crippen LogP contribution is 2.36. The molecule has 0 nitrogen and oxygen atoms in total. The van der Waals surface area contributed by atoms with E-state index in [4.69, 9.17) is 11.6 Å². The third kappa shape index (κ3) is 3.18. The minimum atomic E-state index is -0.753. The number of halogens is 5. The highest BCUT2D eigenvalue weighted by atomic mass is 79.9. The molecule has 0 aromatic heterocycles. The molecule has 0 aliphatic carbocycles. The van der Waals surface area contributed by atoms with Crippen molar-refractivity contribution in [3.05, 3.63) is 67.6 Å². The quantitative estimate of drug-likeness (QED) is 0.413. The SMILES string of the molecule is Cc1ccc(Br)c(C(Cl)c2cc(F)c(Br)cc2F)c1. The summed E-state index contributed by atoms with van der Waals surface area (Å²) in [4.78, 5) is 0. The molecule has 100 valence electrons. The summed E-state index contributed by atoms with van der Waals surface area (Å²) in [6, 6.07) is 7.81. The number of hydrogen-bond donors (Lipinski definition) is 0. The summed E-state index contributed by atoms with van der Waals surface area (Å²) in [5, 5.41) is -0.753. The molecule has 5 heteroatoms. The molecule has 0 aliphatic heterocycles. The van der Waals surface area contributed by atoms with Crippen molar-refractivity contribution >= 4 is 43.5 Å². The molecule has 0 amide bonds. The first kappa shape index (κ1) is 14.9. The first-order valence-electron chi connectivity index (χ1n) is 5.44. The number of alkyl halides is 1. The Labute approximate surface area is 132 Å². The lowest BCUT2D eigenvalue weighted by molar-refractivity contribution is 0.582. The Bertz CT molecular complexity index is 629. The van der Waals surface area contributed by atoms with E-state index in [0.29, 0.717) is 5.56 Å². The lowest BCUT2D eigenvalue weighted by Gasteiger charge is -2.14. The number of hydrogen-bond acceptors (Lipinski definition) is 0. The smallest absolute Gasteiger partial charge is 0.137 e. The predicted molar refractivity (Wildman–Crippen MR) is 80.6 cm³/mol. The van der Waals surface area contributed by atoms with Gasteiger partial charge >= 0.3 is 0 Å². The summed E-state index contributed by atoms with van der Waals surface area (Å²) in [5.74, 6) is -1.08. The fraction of sp³-hybridized carbons (Fsp3) is 0.143. The van der Waals surface area contributed by atoms with Crippen LogP contribution >= 0.6 is 43.5 Å². The van der Waals surface area contributed by atoms with Gasteiger partial charge < -0.3 is 0 Å². The van der Waals surface area contributed by atoms with Gasteiger partial charge in [0.05, 0.1) is 9.85 Å². The molecule has 2 aromatic rings. The normalized spacial score (nSPS) is 12.5. The van der Waals surface area contributed by atoms with Gasteiger partial charge in [0.15, 0.2) is 0 Å². The topological polar surface area (TPSA) is 0 Å². The van der Waals surface area contributed by atoms with Crippen LogP contribution in [0.3, 0.4) is 0 Å². The highest BCUT2D eigenvalue weighted by molar-refractivity contribution is 9.10. The molecule has 0 spiro atoms. The van der Waals surface area contributed by atoms with Crippen molar-refractivity contribution in [3.63, 3.8) is 0 Å². The second-order valence-electron chi connectivity index (χ2n) is 4.18. The summed E-state index contributed by atoms with van der Waals surface area (Å²) in [7, 11) is 0. The fourth-order valence-corrected chi connectivity index (χ4v) is 3.03. The van der Waals surface area contributed by atoms with E-state index in [2.05, 4.69) is 31.9 Å². The first-order chi connectivity index (χ1) is 8.90. The molecule has 0 radical (unpaired) electrons. The average molecular weight is 410 g/mol. The maximum Gasteiger partial charge on any atom is 0.137 e.